The summed E-state index contributed by atoms with van der Waals surface area (Å²) < 4.78 is 111. The third kappa shape index (κ3) is 11.4. The molecule has 34 heavy (non-hydrogen) atoms. The van der Waals surface area contributed by atoms with Gasteiger partial charge in [-0.2, -0.15) is 26.3 Å². The summed E-state index contributed by atoms with van der Waals surface area (Å²) in [4.78, 5) is 22.8. The fraction of sp³-hybridized carbons (Fsp3) is 0.818. The van der Waals surface area contributed by atoms with E-state index in [4.69, 9.17) is 0 Å². The highest BCUT2D eigenvalue weighted by Crippen LogP contribution is 2.48. The second-order valence-electron chi connectivity index (χ2n) is 7.60. The van der Waals surface area contributed by atoms with E-state index in [0.29, 0.717) is 6.42 Å². The Balaban J connectivity index is 4.09. The molecule has 0 bridgehead atoms. The van der Waals surface area contributed by atoms with Gasteiger partial charge in [0.25, 0.3) is 0 Å². The van der Waals surface area contributed by atoms with Gasteiger partial charge in [0.1, 0.15) is 0 Å². The first-order valence-electron chi connectivity index (χ1n) is 11.0. The van der Waals surface area contributed by atoms with Gasteiger partial charge < -0.3 is 9.47 Å². The molecule has 0 N–H and O–H groups in total. The quantitative estimate of drug-likeness (QED) is 0.0963. The van der Waals surface area contributed by atoms with E-state index in [-0.39, 0.29) is 6.61 Å². The van der Waals surface area contributed by atoms with Crippen molar-refractivity contribution >= 4 is 11.9 Å². The average Bonchev–Trinajstić information content (AvgIpc) is 2.76. The number of halogens is 8. The SMILES string of the molecule is CCCCCCCCCCC#CCOC(=O)CCC(=O)OCC(F)(F)C(F)(F)C(F)(F)C(F)F. The number of hydrogen-bond donors (Lipinski definition) is 0. The molecule has 0 unspecified atom stereocenters. The Bertz CT molecular complexity index is 672. The molecule has 0 spiro atoms. The van der Waals surface area contributed by atoms with Crippen molar-refractivity contribution in [1.82, 2.24) is 0 Å². The van der Waals surface area contributed by atoms with Crippen LogP contribution in [0.5, 0.6) is 0 Å². The summed E-state index contributed by atoms with van der Waals surface area (Å²) >= 11 is 0. The molecule has 0 aliphatic heterocycles. The standard InChI is InChI=1S/C22H30F8O4/c1-2-3-4-5-6-7-8-9-10-11-12-15-33-17(31)13-14-18(32)34-16-20(25,26)22(29,30)21(27,28)19(23)24/h19H,2-10,13-16H2,1H3. The van der Waals surface area contributed by atoms with Crippen molar-refractivity contribution in [1.29, 1.82) is 0 Å². The van der Waals surface area contributed by atoms with Crippen LogP contribution in [0.25, 0.3) is 0 Å². The van der Waals surface area contributed by atoms with E-state index in [2.05, 4.69) is 28.2 Å². The number of rotatable bonds is 17. The van der Waals surface area contributed by atoms with Crippen molar-refractivity contribution in [2.45, 2.75) is 102 Å². The number of hydrogen-bond acceptors (Lipinski definition) is 4. The van der Waals surface area contributed by atoms with E-state index in [1.54, 1.807) is 0 Å². The predicted octanol–water partition coefficient (Wildman–Crippen LogP) is 6.56. The predicted molar refractivity (Wildman–Crippen MR) is 107 cm³/mol. The van der Waals surface area contributed by atoms with Gasteiger partial charge in [0.2, 0.25) is 0 Å². The number of alkyl halides is 8. The molecule has 0 aromatic heterocycles. The molecule has 0 aromatic carbocycles. The largest absolute Gasteiger partial charge is 0.459 e. The van der Waals surface area contributed by atoms with Gasteiger partial charge in [0.05, 0.1) is 12.8 Å². The fourth-order valence-electron chi connectivity index (χ4n) is 2.59. The molecule has 0 saturated heterocycles. The first kappa shape index (κ1) is 31.9. The number of unbranched alkanes of at least 4 members (excludes halogenated alkanes) is 8. The van der Waals surface area contributed by atoms with E-state index in [1.165, 1.54) is 32.1 Å². The molecule has 0 heterocycles. The van der Waals surface area contributed by atoms with Gasteiger partial charge in [0.15, 0.2) is 13.2 Å². The smallest absolute Gasteiger partial charge is 0.381 e. The summed E-state index contributed by atoms with van der Waals surface area (Å²) in [7, 11) is 0. The number of ether oxygens (including phenoxy) is 2. The van der Waals surface area contributed by atoms with Gasteiger partial charge >= 0.3 is 36.1 Å². The Kier molecular flexibility index (Phi) is 14.8. The maximum atomic E-state index is 13.3. The van der Waals surface area contributed by atoms with Crippen LogP contribution >= 0.6 is 0 Å². The maximum absolute atomic E-state index is 13.3. The molecule has 0 fully saturated rings. The molecular weight excluding hydrogens is 480 g/mol. The van der Waals surface area contributed by atoms with E-state index in [1.807, 2.05) is 0 Å². The van der Waals surface area contributed by atoms with Gasteiger partial charge in [-0.3, -0.25) is 9.59 Å². The lowest BCUT2D eigenvalue weighted by Crippen LogP contribution is -2.59. The molecule has 198 valence electrons. The third-order valence-corrected chi connectivity index (χ3v) is 4.69. The molecular formula is C22H30F8O4. The van der Waals surface area contributed by atoms with E-state index >= 15 is 0 Å². The van der Waals surface area contributed by atoms with Gasteiger partial charge in [-0.1, -0.05) is 63.7 Å². The van der Waals surface area contributed by atoms with E-state index < -0.39 is 55.6 Å². The first-order valence-corrected chi connectivity index (χ1v) is 11.0. The van der Waals surface area contributed by atoms with Crippen LogP contribution in [0, 0.1) is 11.8 Å². The summed E-state index contributed by atoms with van der Waals surface area (Å²) in [6, 6.07) is 0. The highest BCUT2D eigenvalue weighted by atomic mass is 19.4. The van der Waals surface area contributed by atoms with Crippen LogP contribution in [-0.4, -0.2) is 49.3 Å². The lowest BCUT2D eigenvalue weighted by molar-refractivity contribution is -0.344. The van der Waals surface area contributed by atoms with Gasteiger partial charge in [-0.05, 0) is 6.42 Å². The summed E-state index contributed by atoms with van der Waals surface area (Å²) in [5.74, 6) is -15.8. The Labute approximate surface area is 193 Å². The Hall–Kier alpha value is -2.06. The lowest BCUT2D eigenvalue weighted by atomic mass is 10.1. The normalized spacial score (nSPS) is 12.3. The zero-order valence-electron chi connectivity index (χ0n) is 18.9. The second-order valence-corrected chi connectivity index (χ2v) is 7.60. The molecule has 0 saturated carbocycles. The maximum Gasteiger partial charge on any atom is 0.381 e. The molecule has 0 aliphatic carbocycles. The molecule has 0 atom stereocenters. The summed E-state index contributed by atoms with van der Waals surface area (Å²) in [5.41, 5.74) is 0. The van der Waals surface area contributed by atoms with Crippen LogP contribution < -0.4 is 0 Å². The van der Waals surface area contributed by atoms with Crippen molar-refractivity contribution in [3.8, 4) is 11.8 Å². The minimum atomic E-state index is -6.47. The van der Waals surface area contributed by atoms with Crippen molar-refractivity contribution in [3.63, 3.8) is 0 Å². The number of carbonyl (C=O) groups excluding carboxylic acids is 2. The Morgan fingerprint density at radius 2 is 1.26 bits per heavy atom. The minimum absolute atomic E-state index is 0.280. The van der Waals surface area contributed by atoms with Crippen molar-refractivity contribution in [2.75, 3.05) is 13.2 Å². The highest BCUT2D eigenvalue weighted by Gasteiger charge is 2.75. The van der Waals surface area contributed by atoms with Crippen LogP contribution in [0.15, 0.2) is 0 Å². The summed E-state index contributed by atoms with van der Waals surface area (Å²) in [6.45, 7) is -0.698. The molecule has 4 nitrogen and oxygen atoms in total. The van der Waals surface area contributed by atoms with Crippen molar-refractivity contribution in [2.24, 2.45) is 0 Å². The third-order valence-electron chi connectivity index (χ3n) is 4.69. The van der Waals surface area contributed by atoms with E-state index in [0.717, 1.165) is 19.3 Å². The fourth-order valence-corrected chi connectivity index (χ4v) is 2.59. The summed E-state index contributed by atoms with van der Waals surface area (Å²) in [5, 5.41) is 0. The lowest BCUT2D eigenvalue weighted by Gasteiger charge is -2.31. The van der Waals surface area contributed by atoms with Crippen LogP contribution in [0.3, 0.4) is 0 Å². The monoisotopic (exact) mass is 510 g/mol. The van der Waals surface area contributed by atoms with Gasteiger partial charge in [-0.25, -0.2) is 8.78 Å². The van der Waals surface area contributed by atoms with Crippen molar-refractivity contribution in [3.05, 3.63) is 0 Å². The first-order chi connectivity index (χ1) is 15.8. The Morgan fingerprint density at radius 3 is 1.79 bits per heavy atom. The van der Waals surface area contributed by atoms with Crippen LogP contribution in [-0.2, 0) is 19.1 Å². The zero-order valence-corrected chi connectivity index (χ0v) is 18.9. The molecule has 0 rings (SSSR count). The highest BCUT2D eigenvalue weighted by molar-refractivity contribution is 5.77. The molecule has 12 heteroatoms. The van der Waals surface area contributed by atoms with Gasteiger partial charge in [0, 0.05) is 6.42 Å². The molecule has 0 radical (unpaired) electrons. The number of esters is 2. The molecule has 0 aliphatic rings. The average molecular weight is 510 g/mol. The van der Waals surface area contributed by atoms with Gasteiger partial charge in [-0.15, -0.1) is 0 Å². The topological polar surface area (TPSA) is 52.6 Å². The second kappa shape index (κ2) is 15.8. The molecule has 0 aromatic rings. The number of carbonyl (C=O) groups is 2. The zero-order chi connectivity index (χ0) is 26.3. The summed E-state index contributed by atoms with van der Waals surface area (Å²) in [6.07, 6.45) is 3.11. The van der Waals surface area contributed by atoms with E-state index in [9.17, 15) is 44.7 Å². The van der Waals surface area contributed by atoms with Crippen LogP contribution in [0.4, 0.5) is 35.1 Å². The van der Waals surface area contributed by atoms with Crippen molar-refractivity contribution < 1.29 is 54.2 Å². The minimum Gasteiger partial charge on any atom is -0.459 e. The van der Waals surface area contributed by atoms with Crippen LogP contribution in [0.1, 0.15) is 77.6 Å². The Morgan fingerprint density at radius 1 is 0.765 bits per heavy atom. The molecule has 0 amide bonds. The van der Waals surface area contributed by atoms with Crippen LogP contribution in [0.2, 0.25) is 0 Å².